The maximum atomic E-state index is 10.5. The first-order valence-electron chi connectivity index (χ1n) is 3.85. The standard InChI is InChI=1S/C8H17NO2/c1-5-7(11)9(6-10)8(2,3)4/h6-7,11H,5H2,1-4H3. The lowest BCUT2D eigenvalue weighted by Gasteiger charge is -2.35. The molecule has 0 heterocycles. The SMILES string of the molecule is CCC(O)N(C=O)C(C)(C)C. The van der Waals surface area contributed by atoms with Crippen molar-refractivity contribution in [2.24, 2.45) is 0 Å². The molecule has 0 rings (SSSR count). The number of carbonyl (C=O) groups excluding carboxylic acids is 1. The summed E-state index contributed by atoms with van der Waals surface area (Å²) in [7, 11) is 0. The number of carbonyl (C=O) groups is 1. The van der Waals surface area contributed by atoms with E-state index in [-0.39, 0.29) is 5.54 Å². The lowest BCUT2D eigenvalue weighted by molar-refractivity contribution is -0.136. The lowest BCUT2D eigenvalue weighted by atomic mass is 10.1. The molecule has 0 aromatic heterocycles. The number of aliphatic hydroxyl groups is 1. The molecule has 1 amide bonds. The molecule has 1 atom stereocenters. The maximum Gasteiger partial charge on any atom is 0.212 e. The van der Waals surface area contributed by atoms with Gasteiger partial charge >= 0.3 is 0 Å². The van der Waals surface area contributed by atoms with E-state index in [9.17, 15) is 9.90 Å². The zero-order chi connectivity index (χ0) is 9.07. The minimum absolute atomic E-state index is 0.294. The molecule has 1 unspecified atom stereocenters. The number of nitrogens with zero attached hydrogens (tertiary/aromatic N) is 1. The van der Waals surface area contributed by atoms with Crippen molar-refractivity contribution in [3.8, 4) is 0 Å². The first kappa shape index (κ1) is 10.4. The van der Waals surface area contributed by atoms with Gasteiger partial charge in [-0.3, -0.25) is 4.79 Å². The highest BCUT2D eigenvalue weighted by atomic mass is 16.3. The Balaban J connectivity index is 4.28. The topological polar surface area (TPSA) is 40.5 Å². The smallest absolute Gasteiger partial charge is 0.212 e. The van der Waals surface area contributed by atoms with Gasteiger partial charge in [-0.05, 0) is 27.2 Å². The Bertz CT molecular complexity index is 129. The second-order valence-corrected chi connectivity index (χ2v) is 3.57. The summed E-state index contributed by atoms with van der Waals surface area (Å²) in [6.45, 7) is 7.51. The van der Waals surface area contributed by atoms with E-state index in [4.69, 9.17) is 0 Å². The Morgan fingerprint density at radius 1 is 1.55 bits per heavy atom. The van der Waals surface area contributed by atoms with Crippen molar-refractivity contribution in [2.75, 3.05) is 0 Å². The molecule has 0 spiro atoms. The van der Waals surface area contributed by atoms with Crippen LogP contribution in [0.4, 0.5) is 0 Å². The third-order valence-corrected chi connectivity index (χ3v) is 1.57. The summed E-state index contributed by atoms with van der Waals surface area (Å²) in [6, 6.07) is 0. The molecule has 0 aliphatic carbocycles. The van der Waals surface area contributed by atoms with Gasteiger partial charge < -0.3 is 10.0 Å². The summed E-state index contributed by atoms with van der Waals surface area (Å²) in [5, 5.41) is 9.35. The molecule has 0 fully saturated rings. The first-order chi connectivity index (χ1) is 4.93. The van der Waals surface area contributed by atoms with Gasteiger partial charge in [0.2, 0.25) is 6.41 Å². The molecule has 0 bridgehead atoms. The predicted molar refractivity (Wildman–Crippen MR) is 44.0 cm³/mol. The second kappa shape index (κ2) is 3.72. The van der Waals surface area contributed by atoms with Crippen LogP contribution in [-0.4, -0.2) is 28.2 Å². The van der Waals surface area contributed by atoms with Gasteiger partial charge in [-0.25, -0.2) is 0 Å². The van der Waals surface area contributed by atoms with Crippen molar-refractivity contribution in [3.05, 3.63) is 0 Å². The van der Waals surface area contributed by atoms with Crippen molar-refractivity contribution in [2.45, 2.75) is 45.9 Å². The largest absolute Gasteiger partial charge is 0.374 e. The highest BCUT2D eigenvalue weighted by Crippen LogP contribution is 2.14. The Hall–Kier alpha value is -0.570. The fourth-order valence-electron chi connectivity index (χ4n) is 0.872. The third kappa shape index (κ3) is 2.89. The van der Waals surface area contributed by atoms with Crippen molar-refractivity contribution in [3.63, 3.8) is 0 Å². The lowest BCUT2D eigenvalue weighted by Crippen LogP contribution is -2.46. The minimum atomic E-state index is -0.660. The average Bonchev–Trinajstić information content (AvgIpc) is 1.86. The molecule has 0 saturated carbocycles. The summed E-state index contributed by atoms with van der Waals surface area (Å²) in [5.74, 6) is 0. The zero-order valence-corrected chi connectivity index (χ0v) is 7.66. The summed E-state index contributed by atoms with van der Waals surface area (Å²) >= 11 is 0. The Labute approximate surface area is 68.0 Å². The Morgan fingerprint density at radius 2 is 2.00 bits per heavy atom. The normalized spacial score (nSPS) is 14.3. The fraction of sp³-hybridized carbons (Fsp3) is 0.875. The predicted octanol–water partition coefficient (Wildman–Crippen LogP) is 0.972. The van der Waals surface area contributed by atoms with Crippen LogP contribution in [0.2, 0.25) is 0 Å². The molecule has 66 valence electrons. The molecule has 0 aliphatic heterocycles. The molecule has 1 N–H and O–H groups in total. The van der Waals surface area contributed by atoms with E-state index in [2.05, 4.69) is 0 Å². The number of hydrogen-bond donors (Lipinski definition) is 1. The van der Waals surface area contributed by atoms with Crippen LogP contribution >= 0.6 is 0 Å². The quantitative estimate of drug-likeness (QED) is 0.492. The summed E-state index contributed by atoms with van der Waals surface area (Å²) in [4.78, 5) is 11.9. The van der Waals surface area contributed by atoms with Gasteiger partial charge in [0.1, 0.15) is 6.23 Å². The van der Waals surface area contributed by atoms with Crippen molar-refractivity contribution < 1.29 is 9.90 Å². The van der Waals surface area contributed by atoms with Crippen LogP contribution in [0.1, 0.15) is 34.1 Å². The van der Waals surface area contributed by atoms with Gasteiger partial charge in [0, 0.05) is 5.54 Å². The van der Waals surface area contributed by atoms with Gasteiger partial charge in [0.25, 0.3) is 0 Å². The molecular formula is C8H17NO2. The number of amides is 1. The van der Waals surface area contributed by atoms with Crippen molar-refractivity contribution in [1.82, 2.24) is 4.90 Å². The minimum Gasteiger partial charge on any atom is -0.374 e. The van der Waals surface area contributed by atoms with E-state index >= 15 is 0 Å². The van der Waals surface area contributed by atoms with Crippen LogP contribution in [0.3, 0.4) is 0 Å². The number of rotatable bonds is 3. The van der Waals surface area contributed by atoms with E-state index < -0.39 is 6.23 Å². The fourth-order valence-corrected chi connectivity index (χ4v) is 0.872. The molecule has 0 aromatic carbocycles. The van der Waals surface area contributed by atoms with E-state index in [0.717, 1.165) is 0 Å². The number of aliphatic hydroxyl groups excluding tert-OH is 1. The van der Waals surface area contributed by atoms with Crippen LogP contribution < -0.4 is 0 Å². The first-order valence-corrected chi connectivity index (χ1v) is 3.85. The van der Waals surface area contributed by atoms with E-state index in [0.29, 0.717) is 12.8 Å². The molecule has 3 nitrogen and oxygen atoms in total. The highest BCUT2D eigenvalue weighted by Gasteiger charge is 2.24. The zero-order valence-electron chi connectivity index (χ0n) is 7.66. The van der Waals surface area contributed by atoms with Crippen molar-refractivity contribution >= 4 is 6.41 Å². The summed E-state index contributed by atoms with van der Waals surface area (Å²) in [5.41, 5.74) is -0.294. The maximum absolute atomic E-state index is 10.5. The van der Waals surface area contributed by atoms with E-state index in [1.165, 1.54) is 4.90 Å². The monoisotopic (exact) mass is 159 g/mol. The average molecular weight is 159 g/mol. The second-order valence-electron chi connectivity index (χ2n) is 3.57. The number of hydrogen-bond acceptors (Lipinski definition) is 2. The third-order valence-electron chi connectivity index (χ3n) is 1.57. The van der Waals surface area contributed by atoms with E-state index in [1.807, 2.05) is 27.7 Å². The summed E-state index contributed by atoms with van der Waals surface area (Å²) in [6.07, 6.45) is 0.594. The molecule has 0 aromatic rings. The van der Waals surface area contributed by atoms with Crippen molar-refractivity contribution in [1.29, 1.82) is 0 Å². The van der Waals surface area contributed by atoms with Crippen LogP contribution in [0, 0.1) is 0 Å². The van der Waals surface area contributed by atoms with Gasteiger partial charge in [0.05, 0.1) is 0 Å². The van der Waals surface area contributed by atoms with E-state index in [1.54, 1.807) is 0 Å². The van der Waals surface area contributed by atoms with Gasteiger partial charge in [-0.15, -0.1) is 0 Å². The molecular weight excluding hydrogens is 142 g/mol. The molecule has 11 heavy (non-hydrogen) atoms. The van der Waals surface area contributed by atoms with Gasteiger partial charge in [0.15, 0.2) is 0 Å². The highest BCUT2D eigenvalue weighted by molar-refractivity contribution is 5.48. The van der Waals surface area contributed by atoms with Crippen LogP contribution in [0.25, 0.3) is 0 Å². The molecule has 3 heteroatoms. The molecule has 0 radical (unpaired) electrons. The van der Waals surface area contributed by atoms with Gasteiger partial charge in [-0.2, -0.15) is 0 Å². The molecule has 0 aliphatic rings. The van der Waals surface area contributed by atoms with Crippen LogP contribution in [0.5, 0.6) is 0 Å². The van der Waals surface area contributed by atoms with Gasteiger partial charge in [-0.1, -0.05) is 6.92 Å². The van der Waals surface area contributed by atoms with Crippen LogP contribution in [0.15, 0.2) is 0 Å². The van der Waals surface area contributed by atoms with Crippen LogP contribution in [-0.2, 0) is 4.79 Å². The Kier molecular flexibility index (Phi) is 3.52. The summed E-state index contributed by atoms with van der Waals surface area (Å²) < 4.78 is 0. The molecule has 0 saturated heterocycles. The Morgan fingerprint density at radius 3 is 2.09 bits per heavy atom.